The highest BCUT2D eigenvalue weighted by atomic mass is 32.2. The topological polar surface area (TPSA) is 128 Å². The molecule has 1 unspecified atom stereocenters. The first-order chi connectivity index (χ1) is 15.2. The van der Waals surface area contributed by atoms with Crippen LogP contribution in [-0.4, -0.2) is 25.6 Å². The van der Waals surface area contributed by atoms with Crippen molar-refractivity contribution in [3.63, 3.8) is 0 Å². The number of aryl methyl sites for hydroxylation is 2. The van der Waals surface area contributed by atoms with Crippen LogP contribution in [0, 0.1) is 6.92 Å². The smallest absolute Gasteiger partial charge is 0.398 e. The molecule has 1 aromatic heterocycles. The molecule has 5 N–H and O–H groups in total. The highest BCUT2D eigenvalue weighted by molar-refractivity contribution is 7.90. The zero-order valence-electron chi connectivity index (χ0n) is 18.5. The lowest BCUT2D eigenvalue weighted by Gasteiger charge is -2.15. The molecule has 0 saturated heterocycles. The van der Waals surface area contributed by atoms with Crippen molar-refractivity contribution >= 4 is 27.5 Å². The number of nitrogens with one attached hydrogen (secondary N) is 1. The van der Waals surface area contributed by atoms with Crippen molar-refractivity contribution in [3.8, 4) is 0 Å². The molecule has 0 spiro atoms. The van der Waals surface area contributed by atoms with Gasteiger partial charge in [0.2, 0.25) is 5.91 Å². The summed E-state index contributed by atoms with van der Waals surface area (Å²) in [5.41, 5.74) is 12.0. The number of pyridine rings is 1. The van der Waals surface area contributed by atoms with Gasteiger partial charge < -0.3 is 16.8 Å². The Morgan fingerprint density at radius 3 is 2.48 bits per heavy atom. The van der Waals surface area contributed by atoms with E-state index in [-0.39, 0.29) is 28.3 Å². The number of carbonyl (C=O) groups is 1. The van der Waals surface area contributed by atoms with Crippen LogP contribution in [-0.2, 0) is 27.2 Å². The number of anilines is 1. The second-order valence-electron chi connectivity index (χ2n) is 7.68. The molecule has 1 amide bonds. The van der Waals surface area contributed by atoms with Gasteiger partial charge >= 0.3 is 6.18 Å². The number of hydrogen-bond donors (Lipinski definition) is 3. The highest BCUT2D eigenvalue weighted by Crippen LogP contribution is 2.32. The van der Waals surface area contributed by atoms with Crippen molar-refractivity contribution < 1.29 is 26.4 Å². The van der Waals surface area contributed by atoms with Gasteiger partial charge in [0, 0.05) is 23.6 Å². The Balaban J connectivity index is 2.23. The summed E-state index contributed by atoms with van der Waals surface area (Å²) < 4.78 is 62.8. The number of halogens is 3. The molecular formula is C22H27F3N4O3S. The van der Waals surface area contributed by atoms with Gasteiger partial charge in [-0.3, -0.25) is 4.79 Å². The zero-order valence-corrected chi connectivity index (χ0v) is 19.3. The Kier molecular flexibility index (Phi) is 8.25. The molecule has 0 saturated carbocycles. The average molecular weight is 485 g/mol. The van der Waals surface area contributed by atoms with Gasteiger partial charge in [-0.15, -0.1) is 0 Å². The molecule has 180 valence electrons. The first kappa shape index (κ1) is 26.3. The van der Waals surface area contributed by atoms with Crippen LogP contribution in [0.25, 0.3) is 6.08 Å². The van der Waals surface area contributed by atoms with Gasteiger partial charge in [-0.1, -0.05) is 25.5 Å². The van der Waals surface area contributed by atoms with Gasteiger partial charge in [0.15, 0.2) is 9.84 Å². The van der Waals surface area contributed by atoms with Crippen molar-refractivity contribution in [1.82, 2.24) is 10.3 Å². The van der Waals surface area contributed by atoms with Crippen molar-refractivity contribution in [3.05, 3.63) is 58.4 Å². The zero-order chi connectivity index (χ0) is 25.0. The summed E-state index contributed by atoms with van der Waals surface area (Å²) in [5, 5.41) is 2.53. The molecule has 0 aliphatic carbocycles. The number of sulfone groups is 1. The molecule has 1 heterocycles. The van der Waals surface area contributed by atoms with E-state index in [0.29, 0.717) is 17.5 Å². The summed E-state index contributed by atoms with van der Waals surface area (Å²) in [6.07, 6.45) is -0.414. The number of benzene rings is 1. The van der Waals surface area contributed by atoms with Crippen molar-refractivity contribution in [2.75, 3.05) is 12.0 Å². The van der Waals surface area contributed by atoms with Crippen molar-refractivity contribution in [2.45, 2.75) is 50.3 Å². The molecule has 0 bridgehead atoms. The number of unbranched alkanes of at least 4 members (excludes halogenated alkanes) is 1. The molecule has 1 aromatic carbocycles. The second-order valence-corrected chi connectivity index (χ2v) is 9.66. The molecule has 0 aliphatic rings. The Bertz CT molecular complexity index is 1160. The number of alkyl halides is 3. The fraction of sp³-hybridized carbons (Fsp3) is 0.364. The minimum atomic E-state index is -4.63. The van der Waals surface area contributed by atoms with E-state index in [9.17, 15) is 26.4 Å². The molecule has 2 aromatic rings. The number of nitrogen functional groups attached to an aromatic ring is 1. The molecule has 11 heteroatoms. The molecular weight excluding hydrogens is 457 g/mol. The SMILES string of the molecule is CCCCc1nc(C(F)(F)F)cc(N)c1C=CC(=O)NC(N)c1ccc(S(C)(=O)=O)c(C)c1. The van der Waals surface area contributed by atoms with E-state index in [1.165, 1.54) is 18.2 Å². The van der Waals surface area contributed by atoms with Gasteiger partial charge in [0.1, 0.15) is 11.9 Å². The van der Waals surface area contributed by atoms with Gasteiger partial charge in [0.25, 0.3) is 0 Å². The summed E-state index contributed by atoms with van der Waals surface area (Å²) in [5.74, 6) is -0.604. The molecule has 0 radical (unpaired) electrons. The van der Waals surface area contributed by atoms with Gasteiger partial charge in [0.05, 0.1) is 10.6 Å². The monoisotopic (exact) mass is 484 g/mol. The first-order valence-electron chi connectivity index (χ1n) is 10.2. The maximum Gasteiger partial charge on any atom is 0.433 e. The normalized spacial score (nSPS) is 13.3. The maximum atomic E-state index is 13.1. The molecule has 0 fully saturated rings. The summed E-state index contributed by atoms with van der Waals surface area (Å²) in [4.78, 5) is 16.2. The fourth-order valence-electron chi connectivity index (χ4n) is 3.23. The van der Waals surface area contributed by atoms with E-state index in [0.717, 1.165) is 24.8 Å². The predicted octanol–water partition coefficient (Wildman–Crippen LogP) is 3.52. The van der Waals surface area contributed by atoms with Crippen LogP contribution < -0.4 is 16.8 Å². The largest absolute Gasteiger partial charge is 0.433 e. The van der Waals surface area contributed by atoms with Gasteiger partial charge in [-0.05, 0) is 49.1 Å². The van der Waals surface area contributed by atoms with Crippen LogP contribution in [0.15, 0.2) is 35.2 Å². The fourth-order valence-corrected chi connectivity index (χ4v) is 4.19. The standard InChI is InChI=1S/C22H27F3N4O3S/c1-4-5-6-17-15(16(26)12-19(28-17)22(23,24)25)8-10-20(30)29-21(27)14-7-9-18(13(2)11-14)33(3,31)32/h7-12,21H,4-6,27H2,1-3H3,(H2,26,28)(H,29,30). The molecule has 1 atom stereocenters. The van der Waals surface area contributed by atoms with E-state index < -0.39 is 33.8 Å². The predicted molar refractivity (Wildman–Crippen MR) is 121 cm³/mol. The Labute approximate surface area is 191 Å². The number of rotatable bonds is 8. The minimum Gasteiger partial charge on any atom is -0.398 e. The Morgan fingerprint density at radius 2 is 1.94 bits per heavy atom. The number of aromatic nitrogens is 1. The maximum absolute atomic E-state index is 13.1. The van der Waals surface area contributed by atoms with Crippen molar-refractivity contribution in [2.24, 2.45) is 5.73 Å². The van der Waals surface area contributed by atoms with Crippen molar-refractivity contribution in [1.29, 1.82) is 0 Å². The number of amides is 1. The minimum absolute atomic E-state index is 0.135. The summed E-state index contributed by atoms with van der Waals surface area (Å²) in [6, 6.07) is 5.21. The van der Waals surface area contributed by atoms with E-state index >= 15 is 0 Å². The lowest BCUT2D eigenvalue weighted by atomic mass is 10.0. The number of nitrogens with two attached hydrogens (primary N) is 2. The molecule has 2 rings (SSSR count). The van der Waals surface area contributed by atoms with Gasteiger partial charge in [-0.25, -0.2) is 13.4 Å². The van der Waals surface area contributed by atoms with E-state index in [1.807, 2.05) is 6.92 Å². The third-order valence-electron chi connectivity index (χ3n) is 4.88. The van der Waals surface area contributed by atoms with Crippen LogP contribution in [0.2, 0.25) is 0 Å². The molecule has 0 aliphatic heterocycles. The number of nitrogens with zero attached hydrogens (tertiary/aromatic N) is 1. The molecule has 7 nitrogen and oxygen atoms in total. The Hall–Kier alpha value is -2.92. The average Bonchev–Trinajstić information content (AvgIpc) is 2.69. The second kappa shape index (κ2) is 10.3. The molecule has 33 heavy (non-hydrogen) atoms. The van der Waals surface area contributed by atoms with E-state index in [2.05, 4.69) is 10.3 Å². The number of carbonyl (C=O) groups excluding carboxylic acids is 1. The quantitative estimate of drug-likeness (QED) is 0.389. The summed E-state index contributed by atoms with van der Waals surface area (Å²) in [6.45, 7) is 3.51. The van der Waals surface area contributed by atoms with Crippen LogP contribution in [0.5, 0.6) is 0 Å². The van der Waals surface area contributed by atoms with Crippen LogP contribution >= 0.6 is 0 Å². The first-order valence-corrected chi connectivity index (χ1v) is 12.0. The third-order valence-corrected chi connectivity index (χ3v) is 6.14. The van der Waals surface area contributed by atoms with E-state index in [1.54, 1.807) is 13.0 Å². The lowest BCUT2D eigenvalue weighted by Crippen LogP contribution is -2.33. The summed E-state index contributed by atoms with van der Waals surface area (Å²) in [7, 11) is -3.39. The third kappa shape index (κ3) is 7.03. The number of hydrogen-bond acceptors (Lipinski definition) is 6. The van der Waals surface area contributed by atoms with Gasteiger partial charge in [-0.2, -0.15) is 13.2 Å². The van der Waals surface area contributed by atoms with Crippen LogP contribution in [0.1, 0.15) is 54.0 Å². The highest BCUT2D eigenvalue weighted by Gasteiger charge is 2.33. The van der Waals surface area contributed by atoms with Crippen LogP contribution in [0.3, 0.4) is 0 Å². The lowest BCUT2D eigenvalue weighted by molar-refractivity contribution is -0.141. The summed E-state index contributed by atoms with van der Waals surface area (Å²) >= 11 is 0. The van der Waals surface area contributed by atoms with E-state index in [4.69, 9.17) is 11.5 Å². The Morgan fingerprint density at radius 1 is 1.27 bits per heavy atom. The van der Waals surface area contributed by atoms with Crippen LogP contribution in [0.4, 0.5) is 18.9 Å².